The standard InChI is InChI=1S/C13H18N2O2/c1-10(4-7-14)15-11(16)8-13(9-12(15)17)5-2-3-6-13/h10H,2-6,8-9H2,1H3. The molecule has 2 amide bonds. The lowest BCUT2D eigenvalue weighted by Gasteiger charge is -2.39. The van der Waals surface area contributed by atoms with Gasteiger partial charge in [0.05, 0.1) is 12.5 Å². The first-order valence-electron chi connectivity index (χ1n) is 6.30. The lowest BCUT2D eigenvalue weighted by Crippen LogP contribution is -2.50. The number of rotatable bonds is 2. The van der Waals surface area contributed by atoms with E-state index in [1.165, 1.54) is 4.90 Å². The monoisotopic (exact) mass is 234 g/mol. The van der Waals surface area contributed by atoms with E-state index in [0.717, 1.165) is 25.7 Å². The lowest BCUT2D eigenvalue weighted by atomic mass is 9.76. The van der Waals surface area contributed by atoms with Gasteiger partial charge in [0.1, 0.15) is 0 Å². The Balaban J connectivity index is 2.11. The number of amides is 2. The van der Waals surface area contributed by atoms with Crippen LogP contribution in [0.25, 0.3) is 0 Å². The number of hydrogen-bond donors (Lipinski definition) is 0. The largest absolute Gasteiger partial charge is 0.279 e. The van der Waals surface area contributed by atoms with Gasteiger partial charge in [-0.2, -0.15) is 5.26 Å². The summed E-state index contributed by atoms with van der Waals surface area (Å²) in [6, 6.07) is 1.74. The topological polar surface area (TPSA) is 61.2 Å². The van der Waals surface area contributed by atoms with Crippen molar-refractivity contribution in [3.8, 4) is 6.07 Å². The molecule has 2 rings (SSSR count). The van der Waals surface area contributed by atoms with Crippen molar-refractivity contribution in [3.05, 3.63) is 0 Å². The summed E-state index contributed by atoms with van der Waals surface area (Å²) >= 11 is 0. The van der Waals surface area contributed by atoms with Crippen LogP contribution in [-0.4, -0.2) is 22.8 Å². The molecule has 1 spiro atoms. The van der Waals surface area contributed by atoms with Crippen molar-refractivity contribution in [2.75, 3.05) is 0 Å². The van der Waals surface area contributed by atoms with Crippen LogP contribution in [-0.2, 0) is 9.59 Å². The molecule has 2 fully saturated rings. The molecule has 1 aliphatic carbocycles. The summed E-state index contributed by atoms with van der Waals surface area (Å²) in [7, 11) is 0. The average molecular weight is 234 g/mol. The molecule has 4 heteroatoms. The number of carbonyl (C=O) groups is 2. The second-order valence-electron chi connectivity index (χ2n) is 5.43. The van der Waals surface area contributed by atoms with Gasteiger partial charge in [0.2, 0.25) is 11.8 Å². The number of hydrogen-bond acceptors (Lipinski definition) is 3. The summed E-state index contributed by atoms with van der Waals surface area (Å²) in [6.45, 7) is 1.77. The molecule has 0 bridgehead atoms. The van der Waals surface area contributed by atoms with Crippen LogP contribution in [0.4, 0.5) is 0 Å². The Morgan fingerprint density at radius 1 is 1.29 bits per heavy atom. The minimum Gasteiger partial charge on any atom is -0.279 e. The van der Waals surface area contributed by atoms with Gasteiger partial charge in [0, 0.05) is 18.9 Å². The maximum atomic E-state index is 12.1. The number of carbonyl (C=O) groups excluding carboxylic acids is 2. The van der Waals surface area contributed by atoms with E-state index in [9.17, 15) is 9.59 Å². The fourth-order valence-electron chi connectivity index (χ4n) is 3.21. The SMILES string of the molecule is CC(CC#N)N1C(=O)CC2(CCCC2)CC1=O. The van der Waals surface area contributed by atoms with Crippen LogP contribution >= 0.6 is 0 Å². The summed E-state index contributed by atoms with van der Waals surface area (Å²) in [5.74, 6) is -0.156. The Morgan fingerprint density at radius 3 is 2.29 bits per heavy atom. The van der Waals surface area contributed by atoms with E-state index in [2.05, 4.69) is 0 Å². The van der Waals surface area contributed by atoms with Gasteiger partial charge in [-0.15, -0.1) is 0 Å². The van der Waals surface area contributed by atoms with Gasteiger partial charge in [-0.05, 0) is 25.2 Å². The minimum absolute atomic E-state index is 0.0446. The summed E-state index contributed by atoms with van der Waals surface area (Å²) in [5, 5.41) is 8.65. The van der Waals surface area contributed by atoms with Crippen molar-refractivity contribution in [2.45, 2.75) is 57.9 Å². The molecule has 1 saturated heterocycles. The Bertz CT molecular complexity index is 357. The maximum absolute atomic E-state index is 12.1. The third-order valence-electron chi connectivity index (χ3n) is 4.08. The second-order valence-corrected chi connectivity index (χ2v) is 5.43. The molecule has 0 aromatic heterocycles. The first kappa shape index (κ1) is 12.1. The third-order valence-corrected chi connectivity index (χ3v) is 4.08. The van der Waals surface area contributed by atoms with Crippen molar-refractivity contribution in [2.24, 2.45) is 5.41 Å². The van der Waals surface area contributed by atoms with E-state index in [1.54, 1.807) is 6.92 Å². The van der Waals surface area contributed by atoms with Crippen molar-refractivity contribution in [1.82, 2.24) is 4.90 Å². The van der Waals surface area contributed by atoms with E-state index in [-0.39, 0.29) is 29.7 Å². The molecule has 4 nitrogen and oxygen atoms in total. The Labute approximate surface area is 102 Å². The van der Waals surface area contributed by atoms with Crippen LogP contribution in [0.15, 0.2) is 0 Å². The Kier molecular flexibility index (Phi) is 3.19. The predicted molar refractivity (Wildman–Crippen MR) is 61.7 cm³/mol. The van der Waals surface area contributed by atoms with Crippen molar-refractivity contribution in [3.63, 3.8) is 0 Å². The van der Waals surface area contributed by atoms with E-state index >= 15 is 0 Å². The Morgan fingerprint density at radius 2 is 1.82 bits per heavy atom. The fraction of sp³-hybridized carbons (Fsp3) is 0.769. The number of nitriles is 1. The van der Waals surface area contributed by atoms with E-state index < -0.39 is 0 Å². The van der Waals surface area contributed by atoms with Gasteiger partial charge >= 0.3 is 0 Å². The van der Waals surface area contributed by atoms with Crippen LogP contribution < -0.4 is 0 Å². The number of piperidine rings is 1. The summed E-state index contributed by atoms with van der Waals surface area (Å²) in [6.07, 6.45) is 5.49. The van der Waals surface area contributed by atoms with Crippen LogP contribution in [0.5, 0.6) is 0 Å². The molecule has 0 N–H and O–H groups in total. The minimum atomic E-state index is -0.279. The normalized spacial score (nSPS) is 25.1. The van der Waals surface area contributed by atoms with Crippen LogP contribution in [0.2, 0.25) is 0 Å². The molecule has 0 radical (unpaired) electrons. The maximum Gasteiger partial charge on any atom is 0.230 e. The highest BCUT2D eigenvalue weighted by molar-refractivity contribution is 5.99. The highest BCUT2D eigenvalue weighted by atomic mass is 16.2. The number of imide groups is 1. The van der Waals surface area contributed by atoms with Gasteiger partial charge in [0.15, 0.2) is 0 Å². The molecule has 0 aromatic rings. The molecule has 1 saturated carbocycles. The second kappa shape index (κ2) is 4.48. The molecule has 1 unspecified atom stereocenters. The molecule has 1 atom stereocenters. The molecule has 17 heavy (non-hydrogen) atoms. The first-order valence-corrected chi connectivity index (χ1v) is 6.30. The predicted octanol–water partition coefficient (Wildman–Crippen LogP) is 2.00. The lowest BCUT2D eigenvalue weighted by molar-refractivity contribution is -0.155. The van der Waals surface area contributed by atoms with Crippen LogP contribution in [0.1, 0.15) is 51.9 Å². The molecule has 2 aliphatic rings. The first-order chi connectivity index (χ1) is 8.08. The van der Waals surface area contributed by atoms with Gasteiger partial charge in [-0.3, -0.25) is 14.5 Å². The van der Waals surface area contributed by atoms with Gasteiger partial charge < -0.3 is 0 Å². The zero-order valence-electron chi connectivity index (χ0n) is 10.2. The van der Waals surface area contributed by atoms with E-state index in [1.807, 2.05) is 6.07 Å². The number of likely N-dealkylation sites (tertiary alicyclic amines) is 1. The molecule has 1 aliphatic heterocycles. The van der Waals surface area contributed by atoms with Gasteiger partial charge in [-0.25, -0.2) is 0 Å². The Hall–Kier alpha value is -1.37. The molecule has 92 valence electrons. The third kappa shape index (κ3) is 2.19. The fourth-order valence-corrected chi connectivity index (χ4v) is 3.21. The molecular formula is C13H18N2O2. The van der Waals surface area contributed by atoms with Crippen molar-refractivity contribution in [1.29, 1.82) is 5.26 Å². The highest BCUT2D eigenvalue weighted by Crippen LogP contribution is 2.47. The smallest absolute Gasteiger partial charge is 0.230 e. The summed E-state index contributed by atoms with van der Waals surface area (Å²) < 4.78 is 0. The molecule has 1 heterocycles. The van der Waals surface area contributed by atoms with Crippen molar-refractivity contribution < 1.29 is 9.59 Å². The van der Waals surface area contributed by atoms with E-state index in [4.69, 9.17) is 5.26 Å². The van der Waals surface area contributed by atoms with Crippen molar-refractivity contribution >= 4 is 11.8 Å². The number of nitrogens with zero attached hydrogens (tertiary/aromatic N) is 2. The molecular weight excluding hydrogens is 216 g/mol. The quantitative estimate of drug-likeness (QED) is 0.686. The highest BCUT2D eigenvalue weighted by Gasteiger charge is 2.46. The van der Waals surface area contributed by atoms with Crippen LogP contribution in [0.3, 0.4) is 0 Å². The van der Waals surface area contributed by atoms with Crippen LogP contribution in [0, 0.1) is 16.7 Å². The van der Waals surface area contributed by atoms with Gasteiger partial charge in [0.25, 0.3) is 0 Å². The summed E-state index contributed by atoms with van der Waals surface area (Å²) in [5.41, 5.74) is -0.0446. The average Bonchev–Trinajstić information content (AvgIpc) is 2.65. The molecule has 0 aromatic carbocycles. The zero-order valence-corrected chi connectivity index (χ0v) is 10.2. The zero-order chi connectivity index (χ0) is 12.5. The summed E-state index contributed by atoms with van der Waals surface area (Å²) in [4.78, 5) is 25.5. The van der Waals surface area contributed by atoms with E-state index in [0.29, 0.717) is 12.8 Å². The van der Waals surface area contributed by atoms with Gasteiger partial charge in [-0.1, -0.05) is 12.8 Å².